The fourth-order valence-electron chi connectivity index (χ4n) is 2.90. The zero-order valence-corrected chi connectivity index (χ0v) is 16.5. The molecule has 4 rings (SSSR count). The van der Waals surface area contributed by atoms with Gasteiger partial charge in [0.2, 0.25) is 0 Å². The van der Waals surface area contributed by atoms with E-state index < -0.39 is 29.0 Å². The van der Waals surface area contributed by atoms with Gasteiger partial charge in [0.15, 0.2) is 5.82 Å². The van der Waals surface area contributed by atoms with Crippen LogP contribution in [0.4, 0.5) is 13.2 Å². The van der Waals surface area contributed by atoms with Gasteiger partial charge in [-0.25, -0.2) is 32.8 Å². The molecule has 0 aliphatic rings. The molecule has 0 spiro atoms. The normalized spacial score (nSPS) is 13.8. The van der Waals surface area contributed by atoms with Crippen molar-refractivity contribution in [3.63, 3.8) is 0 Å². The molecule has 0 bridgehead atoms. The number of halogens is 3. The minimum Gasteiger partial charge on any atom is -0.382 e. The van der Waals surface area contributed by atoms with E-state index in [2.05, 4.69) is 25.0 Å². The van der Waals surface area contributed by atoms with Crippen molar-refractivity contribution in [2.75, 3.05) is 0 Å². The molecule has 156 valence electrons. The van der Waals surface area contributed by atoms with Crippen LogP contribution in [0.15, 0.2) is 60.5 Å². The molecule has 0 saturated heterocycles. The summed E-state index contributed by atoms with van der Waals surface area (Å²) in [5.74, 6) is -3.47. The van der Waals surface area contributed by atoms with Gasteiger partial charge in [0.05, 0.1) is 23.9 Å². The number of hydrogen-bond donors (Lipinski definition) is 1. The Labute approximate surface area is 173 Å². The number of aliphatic hydroxyl groups is 1. The van der Waals surface area contributed by atoms with Gasteiger partial charge < -0.3 is 5.11 Å². The first-order chi connectivity index (χ1) is 14.4. The van der Waals surface area contributed by atoms with Gasteiger partial charge in [-0.2, -0.15) is 5.10 Å². The van der Waals surface area contributed by atoms with Crippen molar-refractivity contribution in [1.29, 1.82) is 0 Å². The molecule has 0 amide bonds. The van der Waals surface area contributed by atoms with E-state index in [4.69, 9.17) is 0 Å². The third kappa shape index (κ3) is 4.86. The molecule has 0 radical (unpaired) electrons. The van der Waals surface area contributed by atoms with E-state index in [-0.39, 0.29) is 17.8 Å². The quantitative estimate of drug-likeness (QED) is 0.518. The van der Waals surface area contributed by atoms with Crippen molar-refractivity contribution < 1.29 is 18.3 Å². The molecule has 0 unspecified atom stereocenters. The van der Waals surface area contributed by atoms with Crippen molar-refractivity contribution in [2.24, 2.45) is 0 Å². The summed E-state index contributed by atoms with van der Waals surface area (Å²) in [6.07, 6.45) is 6.43. The van der Waals surface area contributed by atoms with E-state index in [1.165, 1.54) is 24.3 Å². The van der Waals surface area contributed by atoms with Gasteiger partial charge in [-0.15, -0.1) is 11.3 Å². The molecule has 7 nitrogen and oxygen atoms in total. The Balaban J connectivity index is 0.000000448. The molecule has 1 aromatic carbocycles. The Kier molecular flexibility index (Phi) is 6.85. The first kappa shape index (κ1) is 21.5. The second-order valence-electron chi connectivity index (χ2n) is 6.29. The van der Waals surface area contributed by atoms with Crippen LogP contribution in [0.3, 0.4) is 0 Å². The monoisotopic (exact) mass is 434 g/mol. The average molecular weight is 434 g/mol. The van der Waals surface area contributed by atoms with Crippen LogP contribution in [0.2, 0.25) is 0 Å². The highest BCUT2D eigenvalue weighted by Crippen LogP contribution is 2.39. The van der Waals surface area contributed by atoms with Gasteiger partial charge in [0.25, 0.3) is 0 Å². The predicted molar refractivity (Wildman–Crippen MR) is 103 cm³/mol. The topological polar surface area (TPSA) is 89.6 Å². The Bertz CT molecular complexity index is 1050. The smallest absolute Gasteiger partial charge is 0.163 e. The van der Waals surface area contributed by atoms with Crippen LogP contribution in [-0.2, 0) is 12.1 Å². The van der Waals surface area contributed by atoms with Crippen LogP contribution in [0, 0.1) is 17.5 Å². The van der Waals surface area contributed by atoms with Gasteiger partial charge in [-0.3, -0.25) is 4.98 Å². The third-order valence-corrected chi connectivity index (χ3v) is 4.96. The van der Waals surface area contributed by atoms with E-state index in [9.17, 15) is 18.3 Å². The van der Waals surface area contributed by atoms with Crippen LogP contribution in [0.25, 0.3) is 0 Å². The molecule has 2 atom stereocenters. The molecule has 3 aromatic heterocycles. The molecule has 1 N–H and O–H groups in total. The third-order valence-electron chi connectivity index (χ3n) is 4.44. The Morgan fingerprint density at radius 2 is 1.97 bits per heavy atom. The molecule has 0 aliphatic heterocycles. The van der Waals surface area contributed by atoms with Crippen LogP contribution >= 0.6 is 11.3 Å². The van der Waals surface area contributed by atoms with Gasteiger partial charge in [0, 0.05) is 29.1 Å². The largest absolute Gasteiger partial charge is 0.382 e. The maximum atomic E-state index is 14.4. The first-order valence-electron chi connectivity index (χ1n) is 8.69. The van der Waals surface area contributed by atoms with Crippen LogP contribution in [-0.4, -0.2) is 34.8 Å². The maximum absolute atomic E-state index is 14.4. The molecule has 30 heavy (non-hydrogen) atoms. The van der Waals surface area contributed by atoms with Crippen molar-refractivity contribution in [2.45, 2.75) is 25.0 Å². The highest BCUT2D eigenvalue weighted by atomic mass is 32.1. The summed E-state index contributed by atoms with van der Waals surface area (Å²) in [5, 5.41) is 17.1. The number of hydrogen-bond acceptors (Lipinski definition) is 7. The van der Waals surface area contributed by atoms with E-state index in [1.807, 2.05) is 5.38 Å². The van der Waals surface area contributed by atoms with E-state index in [0.29, 0.717) is 6.07 Å². The minimum atomic E-state index is -1.96. The second-order valence-corrected chi connectivity index (χ2v) is 7.05. The summed E-state index contributed by atoms with van der Waals surface area (Å²) in [4.78, 5) is 14.9. The predicted octanol–water partition coefficient (Wildman–Crippen LogP) is 3.32. The van der Waals surface area contributed by atoms with Crippen molar-refractivity contribution in [3.05, 3.63) is 89.2 Å². The zero-order chi connectivity index (χ0) is 21.6. The molecular formula is C19H17F3N6OS. The Morgan fingerprint density at radius 1 is 1.13 bits per heavy atom. The highest BCUT2D eigenvalue weighted by Gasteiger charge is 2.41. The minimum absolute atomic E-state index is 0.0960. The van der Waals surface area contributed by atoms with Crippen LogP contribution in [0.5, 0.6) is 0 Å². The number of benzene rings is 1. The SMILES string of the molecule is C[C@@H](c1ncncc1F)[C@](O)(Cn1cncn1)c1ccc(F)cc1F.c1cscn1. The molecule has 11 heteroatoms. The fourth-order valence-corrected chi connectivity index (χ4v) is 3.25. The molecule has 3 heterocycles. The summed E-state index contributed by atoms with van der Waals surface area (Å²) in [6.45, 7) is 1.26. The summed E-state index contributed by atoms with van der Waals surface area (Å²) in [7, 11) is 0. The molecule has 0 saturated carbocycles. The summed E-state index contributed by atoms with van der Waals surface area (Å²) >= 11 is 1.60. The molecule has 0 aliphatic carbocycles. The lowest BCUT2D eigenvalue weighted by Gasteiger charge is -2.34. The van der Waals surface area contributed by atoms with E-state index >= 15 is 0 Å². The zero-order valence-electron chi connectivity index (χ0n) is 15.7. The van der Waals surface area contributed by atoms with Gasteiger partial charge in [0.1, 0.15) is 36.2 Å². The molecule has 4 aromatic rings. The average Bonchev–Trinajstić information content (AvgIpc) is 3.44. The van der Waals surface area contributed by atoms with E-state index in [1.54, 1.807) is 23.0 Å². The molecule has 0 fully saturated rings. The lowest BCUT2D eigenvalue weighted by atomic mass is 9.79. The summed E-state index contributed by atoms with van der Waals surface area (Å²) in [6, 6.07) is 2.80. The number of thiazole rings is 1. The number of rotatable bonds is 5. The van der Waals surface area contributed by atoms with Crippen LogP contribution < -0.4 is 0 Å². The van der Waals surface area contributed by atoms with E-state index in [0.717, 1.165) is 24.7 Å². The highest BCUT2D eigenvalue weighted by molar-refractivity contribution is 7.07. The Hall–Kier alpha value is -3.18. The van der Waals surface area contributed by atoms with Crippen LogP contribution in [0.1, 0.15) is 24.1 Å². The van der Waals surface area contributed by atoms with Crippen molar-refractivity contribution in [1.82, 2.24) is 29.7 Å². The lowest BCUT2D eigenvalue weighted by Crippen LogP contribution is -2.39. The van der Waals surface area contributed by atoms with Crippen molar-refractivity contribution >= 4 is 11.3 Å². The lowest BCUT2D eigenvalue weighted by molar-refractivity contribution is -0.0133. The fraction of sp³-hybridized carbons (Fsp3) is 0.211. The van der Waals surface area contributed by atoms with Gasteiger partial charge in [-0.05, 0) is 6.07 Å². The standard InChI is InChI=1S/C16H14F3N5O.C3H3NS/c1-10(15-14(19)5-20-7-22-15)16(25,6-24-9-21-8-23-24)12-3-2-11(17)4-13(12)18;1-2-5-3-4-1/h2-5,7-10,25H,6H2,1H3;1-3H/t10-,16+;/m0./s1. The van der Waals surface area contributed by atoms with Crippen molar-refractivity contribution in [3.8, 4) is 0 Å². The summed E-state index contributed by atoms with van der Waals surface area (Å²) in [5.41, 5.74) is -0.461. The van der Waals surface area contributed by atoms with Gasteiger partial charge >= 0.3 is 0 Å². The number of aromatic nitrogens is 6. The van der Waals surface area contributed by atoms with Gasteiger partial charge in [-0.1, -0.05) is 13.0 Å². The molecular weight excluding hydrogens is 417 g/mol. The maximum Gasteiger partial charge on any atom is 0.163 e. The summed E-state index contributed by atoms with van der Waals surface area (Å²) < 4.78 is 43.0. The second kappa shape index (κ2) is 9.55. The number of nitrogens with zero attached hydrogens (tertiary/aromatic N) is 6. The first-order valence-corrected chi connectivity index (χ1v) is 9.64. The Morgan fingerprint density at radius 3 is 2.53 bits per heavy atom.